The topological polar surface area (TPSA) is 56.0 Å². The van der Waals surface area contributed by atoms with Gasteiger partial charge >= 0.3 is 0 Å². The summed E-state index contributed by atoms with van der Waals surface area (Å²) in [6, 6.07) is 1.61. The molecular weight excluding hydrogens is 152 g/mol. The molecule has 1 rings (SSSR count). The number of hydrogen-bond acceptors (Lipinski definition) is 3. The number of nitrogens with zero attached hydrogens (tertiary/aromatic N) is 1. The Bertz CT molecular complexity index is 318. The molecule has 62 valence electrons. The van der Waals surface area contributed by atoms with Crippen molar-refractivity contribution in [2.24, 2.45) is 0 Å². The van der Waals surface area contributed by atoms with Crippen molar-refractivity contribution in [3.63, 3.8) is 0 Å². The van der Waals surface area contributed by atoms with Gasteiger partial charge < -0.3 is 5.73 Å². The second-order valence-electron chi connectivity index (χ2n) is 2.33. The first kappa shape index (κ1) is 8.46. The highest BCUT2D eigenvalue weighted by Gasteiger charge is 2.04. The minimum Gasteiger partial charge on any atom is -0.398 e. The first-order chi connectivity index (χ1) is 5.75. The molecule has 12 heavy (non-hydrogen) atoms. The number of allylic oxidation sites excluding steroid dienone is 2. The van der Waals surface area contributed by atoms with Crippen molar-refractivity contribution in [3.05, 3.63) is 36.2 Å². The van der Waals surface area contributed by atoms with Gasteiger partial charge in [-0.05, 0) is 19.1 Å². The third kappa shape index (κ3) is 1.69. The van der Waals surface area contributed by atoms with Gasteiger partial charge in [0.15, 0.2) is 5.78 Å². The number of pyridine rings is 1. The van der Waals surface area contributed by atoms with Crippen LogP contribution in [0, 0.1) is 0 Å². The highest BCUT2D eigenvalue weighted by molar-refractivity contribution is 6.07. The predicted molar refractivity (Wildman–Crippen MR) is 47.8 cm³/mol. The van der Waals surface area contributed by atoms with Crippen molar-refractivity contribution >= 4 is 11.5 Å². The molecule has 0 aromatic carbocycles. The standard InChI is InChI=1S/C9H10N2O/c1-2-3-9(12)7-6-11-5-4-8(7)10/h2-6H,1H3,(H2,10,11)/b3-2+. The molecule has 1 heterocycles. The van der Waals surface area contributed by atoms with Gasteiger partial charge in [0.05, 0.1) is 5.56 Å². The smallest absolute Gasteiger partial charge is 0.189 e. The maximum atomic E-state index is 11.3. The first-order valence-corrected chi connectivity index (χ1v) is 3.62. The number of anilines is 1. The van der Waals surface area contributed by atoms with Gasteiger partial charge in [-0.15, -0.1) is 0 Å². The molecule has 3 nitrogen and oxygen atoms in total. The Labute approximate surface area is 70.9 Å². The number of hydrogen-bond donors (Lipinski definition) is 1. The number of rotatable bonds is 2. The van der Waals surface area contributed by atoms with Gasteiger partial charge in [-0.1, -0.05) is 6.08 Å². The lowest BCUT2D eigenvalue weighted by molar-refractivity contribution is 0.104. The third-order valence-electron chi connectivity index (χ3n) is 1.44. The van der Waals surface area contributed by atoms with Crippen LogP contribution >= 0.6 is 0 Å². The van der Waals surface area contributed by atoms with Crippen LogP contribution in [0.15, 0.2) is 30.6 Å². The van der Waals surface area contributed by atoms with Crippen molar-refractivity contribution in [1.29, 1.82) is 0 Å². The van der Waals surface area contributed by atoms with Crippen LogP contribution < -0.4 is 5.73 Å². The molecule has 0 aliphatic rings. The molecule has 1 aromatic heterocycles. The Morgan fingerprint density at radius 2 is 2.42 bits per heavy atom. The average Bonchev–Trinajstić information content (AvgIpc) is 2.05. The maximum Gasteiger partial charge on any atom is 0.189 e. The summed E-state index contributed by atoms with van der Waals surface area (Å²) in [7, 11) is 0. The van der Waals surface area contributed by atoms with E-state index in [0.717, 1.165) is 0 Å². The van der Waals surface area contributed by atoms with E-state index in [0.29, 0.717) is 11.3 Å². The van der Waals surface area contributed by atoms with Gasteiger partial charge in [-0.25, -0.2) is 0 Å². The molecule has 0 amide bonds. The van der Waals surface area contributed by atoms with Gasteiger partial charge in [-0.3, -0.25) is 9.78 Å². The number of aromatic nitrogens is 1. The van der Waals surface area contributed by atoms with Crippen LogP contribution in [0.4, 0.5) is 5.69 Å². The second kappa shape index (κ2) is 3.67. The van der Waals surface area contributed by atoms with Gasteiger partial charge in [0.25, 0.3) is 0 Å². The molecule has 2 N–H and O–H groups in total. The zero-order chi connectivity index (χ0) is 8.97. The van der Waals surface area contributed by atoms with E-state index in [9.17, 15) is 4.79 Å². The van der Waals surface area contributed by atoms with E-state index in [4.69, 9.17) is 5.73 Å². The molecule has 0 saturated carbocycles. The first-order valence-electron chi connectivity index (χ1n) is 3.62. The SMILES string of the molecule is C/C=C/C(=O)c1cnccc1N. The van der Waals surface area contributed by atoms with Crippen LogP contribution in [0.25, 0.3) is 0 Å². The fourth-order valence-electron chi connectivity index (χ4n) is 0.852. The van der Waals surface area contributed by atoms with Crippen LogP contribution in [0.2, 0.25) is 0 Å². The van der Waals surface area contributed by atoms with Gasteiger partial charge in [0.2, 0.25) is 0 Å². The summed E-state index contributed by atoms with van der Waals surface area (Å²) in [5, 5.41) is 0. The van der Waals surface area contributed by atoms with Crippen LogP contribution in [0.5, 0.6) is 0 Å². The summed E-state index contributed by atoms with van der Waals surface area (Å²) >= 11 is 0. The number of carbonyl (C=O) groups excluding carboxylic acids is 1. The predicted octanol–water partition coefficient (Wildman–Crippen LogP) is 1.42. The molecule has 0 unspecified atom stereocenters. The van der Waals surface area contributed by atoms with E-state index in [1.807, 2.05) is 0 Å². The summed E-state index contributed by atoms with van der Waals surface area (Å²) in [6.07, 6.45) is 6.17. The Balaban J connectivity index is 3.03. The lowest BCUT2D eigenvalue weighted by Gasteiger charge is -1.98. The lowest BCUT2D eigenvalue weighted by Crippen LogP contribution is -2.00. The monoisotopic (exact) mass is 162 g/mol. The zero-order valence-electron chi connectivity index (χ0n) is 6.82. The molecule has 0 fully saturated rings. The number of nitrogen functional groups attached to an aromatic ring is 1. The molecule has 0 aliphatic heterocycles. The number of carbonyl (C=O) groups is 1. The summed E-state index contributed by atoms with van der Waals surface area (Å²) in [5.41, 5.74) is 6.48. The highest BCUT2D eigenvalue weighted by Crippen LogP contribution is 2.09. The Hall–Kier alpha value is -1.64. The van der Waals surface area contributed by atoms with Crippen molar-refractivity contribution in [1.82, 2.24) is 4.98 Å². The molecule has 0 radical (unpaired) electrons. The zero-order valence-corrected chi connectivity index (χ0v) is 6.82. The highest BCUT2D eigenvalue weighted by atomic mass is 16.1. The van der Waals surface area contributed by atoms with E-state index >= 15 is 0 Å². The minimum absolute atomic E-state index is 0.108. The average molecular weight is 162 g/mol. The maximum absolute atomic E-state index is 11.3. The van der Waals surface area contributed by atoms with Crippen molar-refractivity contribution < 1.29 is 4.79 Å². The van der Waals surface area contributed by atoms with Crippen LogP contribution in [0.3, 0.4) is 0 Å². The third-order valence-corrected chi connectivity index (χ3v) is 1.44. The Kier molecular flexibility index (Phi) is 2.58. The van der Waals surface area contributed by atoms with Crippen molar-refractivity contribution in [2.75, 3.05) is 5.73 Å². The van der Waals surface area contributed by atoms with Crippen LogP contribution in [-0.2, 0) is 0 Å². The quantitative estimate of drug-likeness (QED) is 0.528. The summed E-state index contributed by atoms with van der Waals surface area (Å²) in [6.45, 7) is 1.78. The lowest BCUT2D eigenvalue weighted by atomic mass is 10.1. The molecular formula is C9H10N2O. The molecule has 3 heteroatoms. The molecule has 0 bridgehead atoms. The van der Waals surface area contributed by atoms with Crippen LogP contribution in [0.1, 0.15) is 17.3 Å². The van der Waals surface area contributed by atoms with E-state index in [-0.39, 0.29) is 5.78 Å². The van der Waals surface area contributed by atoms with E-state index in [1.165, 1.54) is 12.3 Å². The fraction of sp³-hybridized carbons (Fsp3) is 0.111. The number of ketones is 1. The van der Waals surface area contributed by atoms with Crippen molar-refractivity contribution in [3.8, 4) is 0 Å². The second-order valence-corrected chi connectivity index (χ2v) is 2.33. The molecule has 1 aromatic rings. The molecule has 0 aliphatic carbocycles. The molecule has 0 atom stereocenters. The summed E-state index contributed by atoms with van der Waals surface area (Å²) < 4.78 is 0. The van der Waals surface area contributed by atoms with Crippen molar-refractivity contribution in [2.45, 2.75) is 6.92 Å². The van der Waals surface area contributed by atoms with Gasteiger partial charge in [0, 0.05) is 18.1 Å². The summed E-state index contributed by atoms with van der Waals surface area (Å²) in [4.78, 5) is 15.1. The van der Waals surface area contributed by atoms with Gasteiger partial charge in [-0.2, -0.15) is 0 Å². The minimum atomic E-state index is -0.108. The number of nitrogens with two attached hydrogens (primary N) is 1. The normalized spacial score (nSPS) is 10.4. The van der Waals surface area contributed by atoms with E-state index in [2.05, 4.69) is 4.98 Å². The molecule has 0 saturated heterocycles. The Morgan fingerprint density at radius 3 is 3.00 bits per heavy atom. The molecule has 0 spiro atoms. The van der Waals surface area contributed by atoms with E-state index in [1.54, 1.807) is 25.3 Å². The summed E-state index contributed by atoms with van der Waals surface area (Å²) in [5.74, 6) is -0.108. The van der Waals surface area contributed by atoms with Crippen LogP contribution in [-0.4, -0.2) is 10.8 Å². The Morgan fingerprint density at radius 1 is 1.67 bits per heavy atom. The van der Waals surface area contributed by atoms with Gasteiger partial charge in [0.1, 0.15) is 0 Å². The van der Waals surface area contributed by atoms with E-state index < -0.39 is 0 Å². The fourth-order valence-corrected chi connectivity index (χ4v) is 0.852. The largest absolute Gasteiger partial charge is 0.398 e.